The lowest BCUT2D eigenvalue weighted by molar-refractivity contribution is 0.565. The average molecular weight is 227 g/mol. The number of rotatable bonds is 4. The molecule has 0 saturated heterocycles. The number of pyridine rings is 1. The van der Waals surface area contributed by atoms with E-state index < -0.39 is 0 Å². The Hall–Kier alpha value is -0.760. The quantitative estimate of drug-likeness (QED) is 0.801. The third-order valence-corrected chi connectivity index (χ3v) is 3.44. The predicted octanol–water partition coefficient (Wildman–Crippen LogP) is 3.17. The molecular formula is C12H19ClN2. The minimum Gasteiger partial charge on any atom is -0.383 e. The fourth-order valence-electron chi connectivity index (χ4n) is 1.55. The van der Waals surface area contributed by atoms with Crippen molar-refractivity contribution in [3.8, 4) is 0 Å². The van der Waals surface area contributed by atoms with Crippen LogP contribution in [0.3, 0.4) is 0 Å². The minimum absolute atomic E-state index is 0.212. The summed E-state index contributed by atoms with van der Waals surface area (Å²) in [7, 11) is 0. The molecule has 1 aromatic heterocycles. The van der Waals surface area contributed by atoms with Gasteiger partial charge in [-0.1, -0.05) is 13.8 Å². The van der Waals surface area contributed by atoms with Gasteiger partial charge in [0, 0.05) is 11.6 Å². The van der Waals surface area contributed by atoms with Gasteiger partial charge in [0.1, 0.15) is 5.82 Å². The summed E-state index contributed by atoms with van der Waals surface area (Å²) in [5.74, 6) is 1.15. The van der Waals surface area contributed by atoms with Gasteiger partial charge in [-0.25, -0.2) is 4.98 Å². The van der Waals surface area contributed by atoms with E-state index in [9.17, 15) is 0 Å². The van der Waals surface area contributed by atoms with Crippen molar-refractivity contribution in [2.45, 2.75) is 39.0 Å². The van der Waals surface area contributed by atoms with Crippen molar-refractivity contribution < 1.29 is 0 Å². The number of aromatic nitrogens is 1. The van der Waals surface area contributed by atoms with E-state index in [1.165, 1.54) is 5.56 Å². The number of anilines is 1. The summed E-state index contributed by atoms with van der Waals surface area (Å²) in [5.41, 5.74) is 8.18. The Bertz CT molecular complexity index is 303. The molecule has 0 fully saturated rings. The van der Waals surface area contributed by atoms with E-state index in [1.807, 2.05) is 6.07 Å². The molecule has 0 spiro atoms. The van der Waals surface area contributed by atoms with Crippen LogP contribution >= 0.6 is 11.6 Å². The van der Waals surface area contributed by atoms with Gasteiger partial charge in [0.25, 0.3) is 0 Å². The van der Waals surface area contributed by atoms with Crippen LogP contribution in [0.4, 0.5) is 5.82 Å². The lowest BCUT2D eigenvalue weighted by Crippen LogP contribution is -2.10. The van der Waals surface area contributed by atoms with Crippen LogP contribution < -0.4 is 5.73 Å². The predicted molar refractivity (Wildman–Crippen MR) is 66.2 cm³/mol. The second-order valence-electron chi connectivity index (χ2n) is 4.29. The zero-order chi connectivity index (χ0) is 11.4. The third kappa shape index (κ3) is 3.38. The van der Waals surface area contributed by atoms with Gasteiger partial charge in [-0.3, -0.25) is 0 Å². The van der Waals surface area contributed by atoms with Crippen LogP contribution in [0.1, 0.15) is 31.4 Å². The number of alkyl halides is 1. The molecule has 0 aromatic carbocycles. The highest BCUT2D eigenvalue weighted by Gasteiger charge is 2.11. The van der Waals surface area contributed by atoms with Crippen LogP contribution in [0.2, 0.25) is 0 Å². The van der Waals surface area contributed by atoms with Gasteiger partial charge in [-0.15, -0.1) is 11.6 Å². The molecular weight excluding hydrogens is 208 g/mol. The average Bonchev–Trinajstić information content (AvgIpc) is 2.16. The molecule has 0 bridgehead atoms. The molecule has 84 valence electrons. The number of nitrogens with two attached hydrogens (primary N) is 1. The van der Waals surface area contributed by atoms with E-state index in [4.69, 9.17) is 17.3 Å². The van der Waals surface area contributed by atoms with E-state index in [-0.39, 0.29) is 5.38 Å². The van der Waals surface area contributed by atoms with Crippen LogP contribution in [-0.2, 0) is 6.42 Å². The van der Waals surface area contributed by atoms with Crippen molar-refractivity contribution in [3.63, 3.8) is 0 Å². The van der Waals surface area contributed by atoms with E-state index >= 15 is 0 Å². The summed E-state index contributed by atoms with van der Waals surface area (Å²) in [6, 6.07) is 1.99. The molecule has 1 heterocycles. The minimum atomic E-state index is 0.212. The molecule has 15 heavy (non-hydrogen) atoms. The van der Waals surface area contributed by atoms with E-state index in [0.29, 0.717) is 11.7 Å². The summed E-state index contributed by atoms with van der Waals surface area (Å²) in [5, 5.41) is 0.212. The second kappa shape index (κ2) is 5.36. The Labute approximate surface area is 96.8 Å². The van der Waals surface area contributed by atoms with Crippen LogP contribution in [0.5, 0.6) is 0 Å². The summed E-state index contributed by atoms with van der Waals surface area (Å²) in [6.45, 7) is 6.33. The SMILES string of the molecule is Cc1ccnc(N)c1CCC(Cl)C(C)C. The largest absolute Gasteiger partial charge is 0.383 e. The summed E-state index contributed by atoms with van der Waals surface area (Å²) in [6.07, 6.45) is 3.61. The maximum Gasteiger partial charge on any atom is 0.126 e. The zero-order valence-corrected chi connectivity index (χ0v) is 10.4. The van der Waals surface area contributed by atoms with Crippen molar-refractivity contribution in [3.05, 3.63) is 23.4 Å². The maximum atomic E-state index is 6.21. The normalized spacial score (nSPS) is 13.1. The second-order valence-corrected chi connectivity index (χ2v) is 4.85. The van der Waals surface area contributed by atoms with E-state index in [1.54, 1.807) is 6.20 Å². The van der Waals surface area contributed by atoms with Crippen LogP contribution in [0, 0.1) is 12.8 Å². The van der Waals surface area contributed by atoms with Crippen LogP contribution in [0.15, 0.2) is 12.3 Å². The van der Waals surface area contributed by atoms with Gasteiger partial charge in [0.2, 0.25) is 0 Å². The van der Waals surface area contributed by atoms with Crippen LogP contribution in [0.25, 0.3) is 0 Å². The molecule has 0 saturated carbocycles. The van der Waals surface area contributed by atoms with Crippen molar-refractivity contribution in [1.29, 1.82) is 0 Å². The van der Waals surface area contributed by atoms with Crippen molar-refractivity contribution >= 4 is 17.4 Å². The highest BCUT2D eigenvalue weighted by Crippen LogP contribution is 2.20. The standard InChI is InChI=1S/C12H19ClN2/c1-8(2)11(13)5-4-10-9(3)6-7-15-12(10)14/h6-8,11H,4-5H2,1-3H3,(H2,14,15). The Morgan fingerprint density at radius 3 is 2.67 bits per heavy atom. The Kier molecular flexibility index (Phi) is 4.40. The molecule has 0 radical (unpaired) electrons. The first-order valence-corrected chi connectivity index (χ1v) is 5.80. The van der Waals surface area contributed by atoms with E-state index in [0.717, 1.165) is 18.4 Å². The number of hydrogen-bond acceptors (Lipinski definition) is 2. The number of hydrogen-bond donors (Lipinski definition) is 1. The van der Waals surface area contributed by atoms with Gasteiger partial charge in [0.15, 0.2) is 0 Å². The van der Waals surface area contributed by atoms with Gasteiger partial charge in [-0.05, 0) is 42.9 Å². The summed E-state index contributed by atoms with van der Waals surface area (Å²) < 4.78 is 0. The number of halogens is 1. The highest BCUT2D eigenvalue weighted by molar-refractivity contribution is 6.20. The first kappa shape index (κ1) is 12.3. The molecule has 0 aliphatic heterocycles. The molecule has 1 atom stereocenters. The topological polar surface area (TPSA) is 38.9 Å². The summed E-state index contributed by atoms with van der Waals surface area (Å²) >= 11 is 6.21. The Morgan fingerprint density at radius 1 is 1.47 bits per heavy atom. The highest BCUT2D eigenvalue weighted by atomic mass is 35.5. The molecule has 2 N–H and O–H groups in total. The maximum absolute atomic E-state index is 6.21. The molecule has 0 amide bonds. The first-order valence-electron chi connectivity index (χ1n) is 5.36. The van der Waals surface area contributed by atoms with E-state index in [2.05, 4.69) is 25.8 Å². The molecule has 3 heteroatoms. The molecule has 1 rings (SSSR count). The van der Waals surface area contributed by atoms with Crippen molar-refractivity contribution in [1.82, 2.24) is 4.98 Å². The first-order chi connectivity index (χ1) is 7.02. The molecule has 2 nitrogen and oxygen atoms in total. The van der Waals surface area contributed by atoms with Crippen molar-refractivity contribution in [2.24, 2.45) is 5.92 Å². The van der Waals surface area contributed by atoms with Gasteiger partial charge in [-0.2, -0.15) is 0 Å². The molecule has 0 aliphatic rings. The lowest BCUT2D eigenvalue weighted by Gasteiger charge is -2.14. The van der Waals surface area contributed by atoms with Crippen LogP contribution in [-0.4, -0.2) is 10.4 Å². The number of nitrogens with zero attached hydrogens (tertiary/aromatic N) is 1. The fourth-order valence-corrected chi connectivity index (χ4v) is 1.66. The van der Waals surface area contributed by atoms with Crippen molar-refractivity contribution in [2.75, 3.05) is 5.73 Å². The molecule has 0 aliphatic carbocycles. The third-order valence-electron chi connectivity index (χ3n) is 2.72. The molecule has 1 unspecified atom stereocenters. The van der Waals surface area contributed by atoms with Gasteiger partial charge >= 0.3 is 0 Å². The fraction of sp³-hybridized carbons (Fsp3) is 0.583. The lowest BCUT2D eigenvalue weighted by atomic mass is 10.00. The smallest absolute Gasteiger partial charge is 0.126 e. The number of aryl methyl sites for hydroxylation is 1. The van der Waals surface area contributed by atoms with Gasteiger partial charge in [0.05, 0.1) is 0 Å². The summed E-state index contributed by atoms with van der Waals surface area (Å²) in [4.78, 5) is 4.10. The Morgan fingerprint density at radius 2 is 2.13 bits per heavy atom. The number of nitrogen functional groups attached to an aromatic ring is 1. The monoisotopic (exact) mass is 226 g/mol. The Balaban J connectivity index is 2.65. The molecule has 1 aromatic rings. The zero-order valence-electron chi connectivity index (χ0n) is 9.63. The van der Waals surface area contributed by atoms with Gasteiger partial charge < -0.3 is 5.73 Å².